The van der Waals surface area contributed by atoms with Crippen molar-refractivity contribution in [2.75, 3.05) is 23.3 Å². The summed E-state index contributed by atoms with van der Waals surface area (Å²) >= 11 is 5.93. The summed E-state index contributed by atoms with van der Waals surface area (Å²) in [6, 6.07) is 11.6. The van der Waals surface area contributed by atoms with Crippen LogP contribution >= 0.6 is 11.6 Å². The van der Waals surface area contributed by atoms with E-state index in [1.54, 1.807) is 6.92 Å². The maximum absolute atomic E-state index is 13.1. The number of amides is 1. The van der Waals surface area contributed by atoms with Gasteiger partial charge < -0.3 is 15.0 Å². The Labute approximate surface area is 157 Å². The molecule has 0 saturated carbocycles. The molecule has 6 heteroatoms. The summed E-state index contributed by atoms with van der Waals surface area (Å²) in [7, 11) is 0. The van der Waals surface area contributed by atoms with Gasteiger partial charge in [0.1, 0.15) is 11.6 Å². The molecule has 0 radical (unpaired) electrons. The first-order chi connectivity index (χ1) is 12.5. The zero-order chi connectivity index (χ0) is 18.5. The molecule has 1 heterocycles. The van der Waals surface area contributed by atoms with Crippen LogP contribution in [0.4, 0.5) is 15.8 Å². The largest absolute Gasteiger partial charge is 0.479 e. The third-order valence-corrected chi connectivity index (χ3v) is 4.72. The Hall–Kier alpha value is -2.27. The number of piperidine rings is 1. The molecule has 1 aliphatic heterocycles. The molecule has 1 saturated heterocycles. The zero-order valence-electron chi connectivity index (χ0n) is 14.7. The molecule has 138 valence electrons. The number of nitrogens with one attached hydrogen (secondary N) is 1. The number of carbonyl (C=O) groups is 1. The highest BCUT2D eigenvalue weighted by Gasteiger charge is 2.17. The molecule has 3 rings (SSSR count). The summed E-state index contributed by atoms with van der Waals surface area (Å²) in [6.45, 7) is 3.78. The fourth-order valence-electron chi connectivity index (χ4n) is 2.97. The predicted molar refractivity (Wildman–Crippen MR) is 103 cm³/mol. The first kappa shape index (κ1) is 18.5. The second-order valence-electron chi connectivity index (χ2n) is 6.42. The third-order valence-electron chi connectivity index (χ3n) is 4.42. The van der Waals surface area contributed by atoms with Gasteiger partial charge in [-0.15, -0.1) is 0 Å². The number of hydrogen-bond donors (Lipinski definition) is 1. The lowest BCUT2D eigenvalue weighted by Gasteiger charge is -2.28. The van der Waals surface area contributed by atoms with Gasteiger partial charge in [-0.05, 0) is 68.7 Å². The molecular weight excluding hydrogens is 355 g/mol. The monoisotopic (exact) mass is 376 g/mol. The van der Waals surface area contributed by atoms with Crippen molar-refractivity contribution >= 4 is 28.9 Å². The summed E-state index contributed by atoms with van der Waals surface area (Å²) < 4.78 is 18.6. The van der Waals surface area contributed by atoms with Crippen molar-refractivity contribution in [3.63, 3.8) is 0 Å². The number of anilines is 2. The third kappa shape index (κ3) is 4.67. The molecule has 1 aliphatic rings. The van der Waals surface area contributed by atoms with E-state index in [9.17, 15) is 9.18 Å². The minimum Gasteiger partial charge on any atom is -0.479 e. The lowest BCUT2D eigenvalue weighted by Crippen LogP contribution is -2.30. The van der Waals surface area contributed by atoms with Gasteiger partial charge in [0.25, 0.3) is 5.91 Å². The Balaban J connectivity index is 1.58. The van der Waals surface area contributed by atoms with Gasteiger partial charge in [0.05, 0.1) is 5.02 Å². The van der Waals surface area contributed by atoms with Crippen LogP contribution in [0.5, 0.6) is 5.75 Å². The second-order valence-corrected chi connectivity index (χ2v) is 6.83. The molecule has 1 fully saturated rings. The summed E-state index contributed by atoms with van der Waals surface area (Å²) in [5.41, 5.74) is 1.88. The summed E-state index contributed by atoms with van der Waals surface area (Å²) in [5.74, 6) is -0.472. The minimum absolute atomic E-state index is 0.135. The van der Waals surface area contributed by atoms with E-state index in [0.717, 1.165) is 19.2 Å². The highest BCUT2D eigenvalue weighted by atomic mass is 35.5. The number of benzene rings is 2. The van der Waals surface area contributed by atoms with Crippen LogP contribution in [0, 0.1) is 5.82 Å². The molecule has 1 N–H and O–H groups in total. The molecular formula is C20H22ClFN2O2. The zero-order valence-corrected chi connectivity index (χ0v) is 15.4. The number of carbonyl (C=O) groups excluding carboxylic acids is 1. The maximum atomic E-state index is 13.1. The van der Waals surface area contributed by atoms with Gasteiger partial charge in [-0.2, -0.15) is 0 Å². The first-order valence-corrected chi connectivity index (χ1v) is 9.18. The van der Waals surface area contributed by atoms with Crippen LogP contribution in [-0.2, 0) is 4.79 Å². The fraction of sp³-hybridized carbons (Fsp3) is 0.350. The number of halogens is 2. The molecule has 26 heavy (non-hydrogen) atoms. The first-order valence-electron chi connectivity index (χ1n) is 8.80. The number of ether oxygens (including phenoxy) is 1. The molecule has 0 aliphatic carbocycles. The number of hydrogen-bond acceptors (Lipinski definition) is 3. The van der Waals surface area contributed by atoms with Crippen LogP contribution in [0.25, 0.3) is 0 Å². The number of rotatable bonds is 5. The van der Waals surface area contributed by atoms with Crippen LogP contribution in [0.3, 0.4) is 0 Å². The molecule has 0 aromatic heterocycles. The van der Waals surface area contributed by atoms with Crippen molar-refractivity contribution in [2.45, 2.75) is 32.3 Å². The van der Waals surface area contributed by atoms with E-state index < -0.39 is 11.9 Å². The van der Waals surface area contributed by atoms with Gasteiger partial charge in [-0.3, -0.25) is 4.79 Å². The number of nitrogens with zero attached hydrogens (tertiary/aromatic N) is 1. The lowest BCUT2D eigenvalue weighted by molar-refractivity contribution is -0.122. The van der Waals surface area contributed by atoms with E-state index in [4.69, 9.17) is 16.3 Å². The van der Waals surface area contributed by atoms with Crippen molar-refractivity contribution < 1.29 is 13.9 Å². The van der Waals surface area contributed by atoms with E-state index >= 15 is 0 Å². The van der Waals surface area contributed by atoms with Crippen molar-refractivity contribution in [2.24, 2.45) is 0 Å². The van der Waals surface area contributed by atoms with Gasteiger partial charge in [-0.25, -0.2) is 4.39 Å². The quantitative estimate of drug-likeness (QED) is 0.809. The highest BCUT2D eigenvalue weighted by molar-refractivity contribution is 6.32. The molecule has 1 atom stereocenters. The lowest BCUT2D eigenvalue weighted by atomic mass is 10.1. The van der Waals surface area contributed by atoms with E-state index in [2.05, 4.69) is 10.2 Å². The fourth-order valence-corrected chi connectivity index (χ4v) is 3.18. The molecule has 1 amide bonds. The molecule has 0 spiro atoms. The van der Waals surface area contributed by atoms with E-state index in [0.29, 0.717) is 5.69 Å². The highest BCUT2D eigenvalue weighted by Crippen LogP contribution is 2.26. The van der Waals surface area contributed by atoms with Crippen LogP contribution < -0.4 is 15.0 Å². The van der Waals surface area contributed by atoms with Crippen molar-refractivity contribution in [1.82, 2.24) is 0 Å². The average molecular weight is 377 g/mol. The van der Waals surface area contributed by atoms with Crippen LogP contribution in [0.15, 0.2) is 42.5 Å². The standard InChI is InChI=1S/C20H22ClFN2O2/c1-14(26-19-10-5-15(22)13-18(19)21)20(25)23-16-6-8-17(9-7-16)24-11-3-2-4-12-24/h5-10,13-14H,2-4,11-12H2,1H3,(H,23,25). The minimum atomic E-state index is -0.764. The predicted octanol–water partition coefficient (Wildman–Crippen LogP) is 4.88. The molecule has 4 nitrogen and oxygen atoms in total. The molecule has 0 bridgehead atoms. The normalized spacial score (nSPS) is 15.4. The van der Waals surface area contributed by atoms with Gasteiger partial charge in [0.2, 0.25) is 0 Å². The van der Waals surface area contributed by atoms with Crippen LogP contribution in [-0.4, -0.2) is 25.1 Å². The van der Waals surface area contributed by atoms with E-state index in [-0.39, 0.29) is 16.7 Å². The Morgan fingerprint density at radius 3 is 2.50 bits per heavy atom. The van der Waals surface area contributed by atoms with Crippen molar-refractivity contribution in [1.29, 1.82) is 0 Å². The van der Waals surface area contributed by atoms with Crippen LogP contribution in [0.1, 0.15) is 26.2 Å². The Morgan fingerprint density at radius 2 is 1.85 bits per heavy atom. The Morgan fingerprint density at radius 1 is 1.15 bits per heavy atom. The van der Waals surface area contributed by atoms with Gasteiger partial charge in [0.15, 0.2) is 6.10 Å². The second kappa shape index (κ2) is 8.41. The van der Waals surface area contributed by atoms with Crippen molar-refractivity contribution in [3.05, 3.63) is 53.3 Å². The smallest absolute Gasteiger partial charge is 0.265 e. The van der Waals surface area contributed by atoms with E-state index in [1.165, 1.54) is 37.1 Å². The summed E-state index contributed by atoms with van der Waals surface area (Å²) in [6.07, 6.45) is 2.97. The van der Waals surface area contributed by atoms with Gasteiger partial charge in [-0.1, -0.05) is 11.6 Å². The Kier molecular flexibility index (Phi) is 5.99. The Bertz CT molecular complexity index is 761. The molecule has 1 unspecified atom stereocenters. The molecule has 2 aromatic rings. The topological polar surface area (TPSA) is 41.6 Å². The maximum Gasteiger partial charge on any atom is 0.265 e. The summed E-state index contributed by atoms with van der Waals surface area (Å²) in [5, 5.41) is 2.96. The summed E-state index contributed by atoms with van der Waals surface area (Å²) in [4.78, 5) is 14.7. The van der Waals surface area contributed by atoms with Gasteiger partial charge in [0, 0.05) is 24.5 Å². The van der Waals surface area contributed by atoms with Crippen LogP contribution in [0.2, 0.25) is 5.02 Å². The van der Waals surface area contributed by atoms with E-state index in [1.807, 2.05) is 24.3 Å². The van der Waals surface area contributed by atoms with Gasteiger partial charge >= 0.3 is 0 Å². The SMILES string of the molecule is CC(Oc1ccc(F)cc1Cl)C(=O)Nc1ccc(N2CCCCC2)cc1. The molecule has 2 aromatic carbocycles. The average Bonchev–Trinajstić information content (AvgIpc) is 2.65. The van der Waals surface area contributed by atoms with Crippen molar-refractivity contribution in [3.8, 4) is 5.75 Å².